The number of allylic oxidation sites excluding steroid dienone is 3. The first kappa shape index (κ1) is 53.7. The monoisotopic (exact) mass is 810 g/mol. The maximum atomic E-state index is 13.0. The summed E-state index contributed by atoms with van der Waals surface area (Å²) in [5.41, 5.74) is 0. The van der Waals surface area contributed by atoms with Crippen LogP contribution in [0.1, 0.15) is 219 Å². The summed E-state index contributed by atoms with van der Waals surface area (Å²) >= 11 is 0. The van der Waals surface area contributed by atoms with E-state index in [0.717, 1.165) is 38.5 Å². The molecule has 9 nitrogen and oxygen atoms in total. The zero-order valence-corrected chi connectivity index (χ0v) is 36.9. The zero-order valence-electron chi connectivity index (χ0n) is 36.9. The van der Waals surface area contributed by atoms with E-state index in [0.29, 0.717) is 6.42 Å². The molecule has 1 aliphatic heterocycles. The molecule has 0 radical (unpaired) electrons. The maximum Gasteiger partial charge on any atom is 0.220 e. The lowest BCUT2D eigenvalue weighted by Gasteiger charge is -2.40. The molecule has 1 saturated heterocycles. The Bertz CT molecular complexity index is 945. The third-order valence-corrected chi connectivity index (χ3v) is 11.5. The van der Waals surface area contributed by atoms with Crippen LogP contribution < -0.4 is 5.32 Å². The first-order chi connectivity index (χ1) is 27.8. The van der Waals surface area contributed by atoms with Gasteiger partial charge in [-0.1, -0.05) is 205 Å². The van der Waals surface area contributed by atoms with Crippen molar-refractivity contribution in [2.45, 2.75) is 262 Å². The number of ether oxygens (including phenoxy) is 2. The molecule has 1 fully saturated rings. The number of rotatable bonds is 40. The highest BCUT2D eigenvalue weighted by Gasteiger charge is 2.44. The Hall–Kier alpha value is -1.33. The van der Waals surface area contributed by atoms with Gasteiger partial charge in [-0.25, -0.2) is 0 Å². The zero-order chi connectivity index (χ0) is 41.6. The van der Waals surface area contributed by atoms with Crippen LogP contribution in [-0.2, 0) is 14.3 Å². The fraction of sp³-hybridized carbons (Fsp3) is 0.896. The highest BCUT2D eigenvalue weighted by atomic mass is 16.7. The number of carbonyl (C=O) groups excluding carboxylic acids is 1. The molecule has 0 spiro atoms. The Morgan fingerprint density at radius 1 is 0.579 bits per heavy atom. The highest BCUT2D eigenvalue weighted by Crippen LogP contribution is 2.23. The van der Waals surface area contributed by atoms with E-state index < -0.39 is 49.5 Å². The second kappa shape index (κ2) is 38.8. The van der Waals surface area contributed by atoms with Crippen molar-refractivity contribution in [2.24, 2.45) is 0 Å². The smallest absolute Gasteiger partial charge is 0.220 e. The minimum absolute atomic E-state index is 0.184. The Balaban J connectivity index is 2.30. The van der Waals surface area contributed by atoms with Crippen LogP contribution in [0, 0.1) is 0 Å². The van der Waals surface area contributed by atoms with Gasteiger partial charge in [0.05, 0.1) is 25.4 Å². The largest absolute Gasteiger partial charge is 0.394 e. The Labute approximate surface area is 349 Å². The summed E-state index contributed by atoms with van der Waals surface area (Å²) in [5.74, 6) is -0.184. The Kier molecular flexibility index (Phi) is 36.6. The second-order valence-electron chi connectivity index (χ2n) is 16.9. The Morgan fingerprint density at radius 3 is 1.47 bits per heavy atom. The molecular weight excluding hydrogens is 719 g/mol. The lowest BCUT2D eigenvalue weighted by Crippen LogP contribution is -2.60. The number of unbranched alkanes of at least 4 members (excludes halogenated alkanes) is 28. The molecule has 0 saturated carbocycles. The van der Waals surface area contributed by atoms with E-state index >= 15 is 0 Å². The molecule has 1 rings (SSSR count). The molecule has 0 aromatic rings. The van der Waals surface area contributed by atoms with E-state index in [-0.39, 0.29) is 12.5 Å². The number of amides is 1. The molecule has 1 amide bonds. The van der Waals surface area contributed by atoms with Crippen LogP contribution in [0.5, 0.6) is 0 Å². The van der Waals surface area contributed by atoms with Gasteiger partial charge in [-0.2, -0.15) is 0 Å². The van der Waals surface area contributed by atoms with Gasteiger partial charge >= 0.3 is 0 Å². The topological polar surface area (TPSA) is 149 Å². The molecule has 6 N–H and O–H groups in total. The molecule has 7 atom stereocenters. The maximum absolute atomic E-state index is 13.0. The van der Waals surface area contributed by atoms with E-state index in [9.17, 15) is 30.3 Å². The fourth-order valence-electron chi connectivity index (χ4n) is 7.64. The van der Waals surface area contributed by atoms with Crippen LogP contribution in [0.4, 0.5) is 0 Å². The number of aliphatic hydroxyl groups excluding tert-OH is 5. The van der Waals surface area contributed by atoms with Gasteiger partial charge in [0.25, 0.3) is 0 Å². The third kappa shape index (κ3) is 29.5. The predicted molar refractivity (Wildman–Crippen MR) is 235 cm³/mol. The lowest BCUT2D eigenvalue weighted by atomic mass is 9.99. The van der Waals surface area contributed by atoms with Crippen LogP contribution in [0.25, 0.3) is 0 Å². The molecule has 57 heavy (non-hydrogen) atoms. The van der Waals surface area contributed by atoms with Crippen LogP contribution in [0.2, 0.25) is 0 Å². The number of hydrogen-bond donors (Lipinski definition) is 6. The normalized spacial score (nSPS) is 21.1. The molecular formula is C48H91NO8. The Morgan fingerprint density at radius 2 is 1.00 bits per heavy atom. The van der Waals surface area contributed by atoms with Gasteiger partial charge in [-0.15, -0.1) is 0 Å². The van der Waals surface area contributed by atoms with Gasteiger partial charge in [0.2, 0.25) is 5.91 Å². The van der Waals surface area contributed by atoms with Gasteiger partial charge in [-0.3, -0.25) is 4.79 Å². The van der Waals surface area contributed by atoms with Crippen LogP contribution in [0.3, 0.4) is 0 Å². The number of hydrogen-bond acceptors (Lipinski definition) is 8. The van der Waals surface area contributed by atoms with Crippen molar-refractivity contribution < 1.29 is 39.8 Å². The highest BCUT2D eigenvalue weighted by molar-refractivity contribution is 5.76. The quantitative estimate of drug-likeness (QED) is 0.0265. The summed E-state index contributed by atoms with van der Waals surface area (Å²) in [6.07, 6.45) is 39.4. The SMILES string of the molecule is CCCCCCCCC/C=C/CC/C=C/[C@@H](O)[C@H](CO[C@H]1O[C@@H](CO)[C@H](O)C(O)C1O)NC(=O)CCCCCCCCCCCCCCCCCCCCCCC. The van der Waals surface area contributed by atoms with Crippen molar-refractivity contribution in [3.8, 4) is 0 Å². The molecule has 2 unspecified atom stereocenters. The van der Waals surface area contributed by atoms with Gasteiger partial charge in [0.1, 0.15) is 24.4 Å². The summed E-state index contributed by atoms with van der Waals surface area (Å²) in [6.45, 7) is 3.76. The van der Waals surface area contributed by atoms with Crippen molar-refractivity contribution in [3.05, 3.63) is 24.3 Å². The summed E-state index contributed by atoms with van der Waals surface area (Å²) in [7, 11) is 0. The summed E-state index contributed by atoms with van der Waals surface area (Å²) < 4.78 is 11.2. The van der Waals surface area contributed by atoms with Crippen molar-refractivity contribution in [1.29, 1.82) is 0 Å². The third-order valence-electron chi connectivity index (χ3n) is 11.5. The molecule has 0 aromatic carbocycles. The predicted octanol–water partition coefficient (Wildman–Crippen LogP) is 10.3. The summed E-state index contributed by atoms with van der Waals surface area (Å²) in [6, 6.07) is -0.816. The first-order valence-corrected chi connectivity index (χ1v) is 24.1. The van der Waals surface area contributed by atoms with Gasteiger partial charge in [-0.05, 0) is 32.1 Å². The molecule has 0 aromatic heterocycles. The molecule has 1 aliphatic rings. The van der Waals surface area contributed by atoms with E-state index in [1.807, 2.05) is 6.08 Å². The lowest BCUT2D eigenvalue weighted by molar-refractivity contribution is -0.302. The van der Waals surface area contributed by atoms with E-state index in [2.05, 4.69) is 31.3 Å². The summed E-state index contributed by atoms with van der Waals surface area (Å²) in [4.78, 5) is 13.0. The molecule has 336 valence electrons. The van der Waals surface area contributed by atoms with Crippen LogP contribution in [0.15, 0.2) is 24.3 Å². The van der Waals surface area contributed by atoms with Crippen molar-refractivity contribution >= 4 is 5.91 Å². The van der Waals surface area contributed by atoms with Crippen LogP contribution >= 0.6 is 0 Å². The standard InChI is InChI=1S/C48H91NO8/c1-3-5-7-9-11-13-15-17-18-19-20-21-22-23-24-26-28-30-32-34-36-38-44(52)49-41(40-56-48-47(55)46(54)45(53)43(39-50)57-48)42(51)37-35-33-31-29-27-25-16-14-12-10-8-6-4-2/h27,29,35,37,41-43,45-48,50-51,53-55H,3-26,28,30-34,36,38-40H2,1-2H3,(H,49,52)/b29-27+,37-35+/t41-,42+,43-,45-,46?,47?,48-/m0/s1. The first-order valence-electron chi connectivity index (χ1n) is 24.1. The van der Waals surface area contributed by atoms with Gasteiger partial charge in [0.15, 0.2) is 6.29 Å². The molecule has 1 heterocycles. The van der Waals surface area contributed by atoms with E-state index in [1.165, 1.54) is 161 Å². The number of carbonyl (C=O) groups is 1. The average Bonchev–Trinajstić information content (AvgIpc) is 3.21. The van der Waals surface area contributed by atoms with Crippen molar-refractivity contribution in [1.82, 2.24) is 5.32 Å². The number of aliphatic hydroxyl groups is 5. The minimum atomic E-state index is -1.57. The average molecular weight is 810 g/mol. The fourth-order valence-corrected chi connectivity index (χ4v) is 7.64. The van der Waals surface area contributed by atoms with Gasteiger partial charge in [0, 0.05) is 6.42 Å². The molecule has 0 aliphatic carbocycles. The summed E-state index contributed by atoms with van der Waals surface area (Å²) in [5, 5.41) is 54.2. The van der Waals surface area contributed by atoms with E-state index in [4.69, 9.17) is 9.47 Å². The van der Waals surface area contributed by atoms with Gasteiger partial charge < -0.3 is 40.3 Å². The van der Waals surface area contributed by atoms with Crippen molar-refractivity contribution in [2.75, 3.05) is 13.2 Å². The second-order valence-corrected chi connectivity index (χ2v) is 16.9. The van der Waals surface area contributed by atoms with E-state index in [1.54, 1.807) is 6.08 Å². The molecule has 0 bridgehead atoms. The van der Waals surface area contributed by atoms with Crippen LogP contribution in [-0.4, -0.2) is 87.5 Å². The number of nitrogens with one attached hydrogen (secondary N) is 1. The van der Waals surface area contributed by atoms with Crippen molar-refractivity contribution in [3.63, 3.8) is 0 Å². The molecule has 9 heteroatoms. The minimum Gasteiger partial charge on any atom is -0.394 e.